The number of carbonyl (C=O) groups is 1. The van der Waals surface area contributed by atoms with Crippen molar-refractivity contribution in [3.8, 4) is 17.0 Å². The monoisotopic (exact) mass is 412 g/mol. The smallest absolute Gasteiger partial charge is 0.274 e. The van der Waals surface area contributed by atoms with Gasteiger partial charge >= 0.3 is 0 Å². The van der Waals surface area contributed by atoms with Crippen LogP contribution >= 0.6 is 0 Å². The summed E-state index contributed by atoms with van der Waals surface area (Å²) in [6.45, 7) is 0.704. The van der Waals surface area contributed by atoms with Gasteiger partial charge in [0.2, 0.25) is 5.91 Å². The second kappa shape index (κ2) is 7.68. The van der Waals surface area contributed by atoms with Crippen molar-refractivity contribution in [3.05, 3.63) is 82.3 Å². The molecule has 0 radical (unpaired) electrons. The molecule has 0 bridgehead atoms. The molecular weight excluding hydrogens is 392 g/mol. The topological polar surface area (TPSA) is 86.1 Å². The summed E-state index contributed by atoms with van der Waals surface area (Å²) in [5.74, 6) is 1.14. The maximum absolute atomic E-state index is 12.7. The minimum atomic E-state index is -0.247. The number of anilines is 1. The van der Waals surface area contributed by atoms with Crippen LogP contribution in [-0.2, 0) is 24.7 Å². The maximum atomic E-state index is 12.7. The van der Waals surface area contributed by atoms with Crippen LogP contribution < -0.4 is 15.6 Å². The van der Waals surface area contributed by atoms with Gasteiger partial charge in [0.05, 0.1) is 29.8 Å². The fourth-order valence-corrected chi connectivity index (χ4v) is 3.86. The quantitative estimate of drug-likeness (QED) is 0.557. The Morgan fingerprint density at radius 1 is 1.10 bits per heavy atom. The second-order valence-corrected chi connectivity index (χ2v) is 7.48. The number of rotatable bonds is 4. The number of benzene rings is 2. The normalized spacial score (nSPS) is 12.4. The average Bonchev–Trinajstić information content (AvgIpc) is 3.25. The predicted molar refractivity (Wildman–Crippen MR) is 118 cm³/mol. The van der Waals surface area contributed by atoms with E-state index in [2.05, 4.69) is 21.5 Å². The van der Waals surface area contributed by atoms with Gasteiger partial charge in [-0.25, -0.2) is 9.67 Å². The summed E-state index contributed by atoms with van der Waals surface area (Å²) in [5, 5.41) is 8.37. The van der Waals surface area contributed by atoms with Gasteiger partial charge < -0.3 is 10.1 Å². The van der Waals surface area contributed by atoms with Crippen LogP contribution in [0.4, 0.5) is 5.82 Å². The number of carbonyl (C=O) groups excluding carboxylic acids is 1. The van der Waals surface area contributed by atoms with Crippen LogP contribution in [0, 0.1) is 0 Å². The van der Waals surface area contributed by atoms with E-state index in [1.807, 2.05) is 36.4 Å². The number of aromatic nitrogens is 3. The van der Waals surface area contributed by atoms with Crippen LogP contribution in [-0.4, -0.2) is 27.3 Å². The summed E-state index contributed by atoms with van der Waals surface area (Å²) in [6.07, 6.45) is 0.927. The molecule has 1 amide bonds. The molecule has 0 saturated heterocycles. The van der Waals surface area contributed by atoms with E-state index in [1.165, 1.54) is 10.2 Å². The number of pyridine rings is 1. The largest absolute Gasteiger partial charge is 0.493 e. The Balaban J connectivity index is 1.38. The molecule has 7 nitrogen and oxygen atoms in total. The third kappa shape index (κ3) is 3.66. The highest BCUT2D eigenvalue weighted by Crippen LogP contribution is 2.30. The Kier molecular flexibility index (Phi) is 4.71. The van der Waals surface area contributed by atoms with Gasteiger partial charge in [-0.15, -0.1) is 0 Å². The first-order valence-corrected chi connectivity index (χ1v) is 10.1. The van der Waals surface area contributed by atoms with Gasteiger partial charge in [-0.3, -0.25) is 9.59 Å². The Bertz CT molecular complexity index is 1380. The lowest BCUT2D eigenvalue weighted by Crippen LogP contribution is -2.24. The number of aryl methyl sites for hydroxylation is 1. The number of nitrogens with one attached hydrogen (secondary N) is 1. The number of nitrogens with zero attached hydrogens (tertiary/aromatic N) is 3. The molecule has 3 heterocycles. The summed E-state index contributed by atoms with van der Waals surface area (Å²) in [6, 6.07) is 18.7. The molecule has 0 saturated carbocycles. The summed E-state index contributed by atoms with van der Waals surface area (Å²) in [4.78, 5) is 29.6. The van der Waals surface area contributed by atoms with Gasteiger partial charge in [0.15, 0.2) is 0 Å². The zero-order chi connectivity index (χ0) is 21.4. The van der Waals surface area contributed by atoms with Crippen molar-refractivity contribution in [1.29, 1.82) is 0 Å². The zero-order valence-electron chi connectivity index (χ0n) is 17.0. The fraction of sp³-hybridized carbons (Fsp3) is 0.167. The zero-order valence-corrected chi connectivity index (χ0v) is 17.0. The van der Waals surface area contributed by atoms with Gasteiger partial charge in [0.25, 0.3) is 5.56 Å². The molecule has 5 rings (SSSR count). The second-order valence-electron chi connectivity index (χ2n) is 7.48. The molecule has 1 N–H and O–H groups in total. The third-order valence-electron chi connectivity index (χ3n) is 5.36. The van der Waals surface area contributed by atoms with Crippen molar-refractivity contribution in [1.82, 2.24) is 14.8 Å². The van der Waals surface area contributed by atoms with Gasteiger partial charge in [0.1, 0.15) is 11.6 Å². The lowest BCUT2D eigenvalue weighted by atomic mass is 10.1. The van der Waals surface area contributed by atoms with Gasteiger partial charge in [0, 0.05) is 24.4 Å². The number of hydrogen-bond acceptors (Lipinski definition) is 5. The number of hydrogen-bond donors (Lipinski definition) is 1. The molecule has 0 spiro atoms. The molecule has 31 heavy (non-hydrogen) atoms. The van der Waals surface area contributed by atoms with Crippen molar-refractivity contribution in [2.45, 2.75) is 12.8 Å². The molecule has 2 aromatic carbocycles. The first-order valence-electron chi connectivity index (χ1n) is 10.1. The van der Waals surface area contributed by atoms with Crippen LogP contribution in [0.1, 0.15) is 11.3 Å². The molecule has 0 unspecified atom stereocenters. The number of fused-ring (bicyclic) bond motifs is 2. The minimum Gasteiger partial charge on any atom is -0.493 e. The van der Waals surface area contributed by atoms with Gasteiger partial charge in [-0.2, -0.15) is 5.10 Å². The third-order valence-corrected chi connectivity index (χ3v) is 5.36. The van der Waals surface area contributed by atoms with E-state index < -0.39 is 0 Å². The average molecular weight is 412 g/mol. The Morgan fingerprint density at radius 2 is 1.94 bits per heavy atom. The first-order chi connectivity index (χ1) is 15.1. The van der Waals surface area contributed by atoms with E-state index in [4.69, 9.17) is 4.74 Å². The molecule has 0 fully saturated rings. The summed E-state index contributed by atoms with van der Waals surface area (Å²) in [7, 11) is 1.59. The standard InChI is InChI=1S/C24H20N4O3/c1-28-24(30)18-6-3-2-5-17(18)20(27-28)14-23(29)26-22-8-4-7-19(25-22)15-9-10-21-16(13-15)11-12-31-21/h2-10,13H,11-12,14H2,1H3,(H,25,26,29). The lowest BCUT2D eigenvalue weighted by molar-refractivity contribution is -0.115. The SMILES string of the molecule is Cn1nc(CC(=O)Nc2cccc(-c3ccc4c(c3)CCO4)n2)c2ccccc2c1=O. The Labute approximate surface area is 178 Å². The van der Waals surface area contributed by atoms with Crippen LogP contribution in [0.15, 0.2) is 65.5 Å². The highest BCUT2D eigenvalue weighted by Gasteiger charge is 2.15. The van der Waals surface area contributed by atoms with E-state index in [0.717, 1.165) is 23.4 Å². The van der Waals surface area contributed by atoms with E-state index >= 15 is 0 Å². The van der Waals surface area contributed by atoms with Crippen LogP contribution in [0.2, 0.25) is 0 Å². The van der Waals surface area contributed by atoms with Gasteiger partial charge in [-0.1, -0.05) is 24.3 Å². The van der Waals surface area contributed by atoms with Crippen molar-refractivity contribution < 1.29 is 9.53 Å². The summed E-state index contributed by atoms with van der Waals surface area (Å²) < 4.78 is 6.83. The molecule has 1 aliphatic heterocycles. The molecular formula is C24H20N4O3. The van der Waals surface area contributed by atoms with Crippen LogP contribution in [0.25, 0.3) is 22.0 Å². The molecule has 0 atom stereocenters. The van der Waals surface area contributed by atoms with Crippen molar-refractivity contribution in [2.75, 3.05) is 11.9 Å². The molecule has 154 valence electrons. The number of amides is 1. The Morgan fingerprint density at radius 3 is 2.81 bits per heavy atom. The number of ether oxygens (including phenoxy) is 1. The van der Waals surface area contributed by atoms with E-state index in [1.54, 1.807) is 25.2 Å². The summed E-state index contributed by atoms with van der Waals surface area (Å²) >= 11 is 0. The first kappa shape index (κ1) is 19.0. The predicted octanol–water partition coefficient (Wildman–Crippen LogP) is 3.11. The molecule has 1 aliphatic rings. The van der Waals surface area contributed by atoms with E-state index in [0.29, 0.717) is 28.9 Å². The maximum Gasteiger partial charge on any atom is 0.274 e. The fourth-order valence-electron chi connectivity index (χ4n) is 3.86. The highest BCUT2D eigenvalue weighted by molar-refractivity contribution is 5.94. The van der Waals surface area contributed by atoms with Crippen molar-refractivity contribution in [2.24, 2.45) is 7.05 Å². The van der Waals surface area contributed by atoms with Crippen LogP contribution in [0.3, 0.4) is 0 Å². The molecule has 4 aromatic rings. The molecule has 7 heteroatoms. The van der Waals surface area contributed by atoms with Crippen LogP contribution in [0.5, 0.6) is 5.75 Å². The summed E-state index contributed by atoms with van der Waals surface area (Å²) in [5.41, 5.74) is 3.28. The van der Waals surface area contributed by atoms with Gasteiger partial charge in [-0.05, 0) is 42.0 Å². The van der Waals surface area contributed by atoms with E-state index in [9.17, 15) is 9.59 Å². The Hall–Kier alpha value is -4.00. The van der Waals surface area contributed by atoms with E-state index in [-0.39, 0.29) is 17.9 Å². The molecule has 2 aromatic heterocycles. The van der Waals surface area contributed by atoms with Crippen molar-refractivity contribution >= 4 is 22.5 Å². The van der Waals surface area contributed by atoms with Crippen molar-refractivity contribution in [3.63, 3.8) is 0 Å². The lowest BCUT2D eigenvalue weighted by Gasteiger charge is -2.10. The minimum absolute atomic E-state index is 0.0384. The highest BCUT2D eigenvalue weighted by atomic mass is 16.5. The molecule has 0 aliphatic carbocycles.